The zero-order chi connectivity index (χ0) is 18.9. The SMILES string of the molecule is O=C(CSc1ccc2ccccc2c1)OC1c2ccccc2-c2ccccc21. The Labute approximate surface area is 168 Å². The minimum atomic E-state index is -0.322. The molecule has 0 atom stereocenters. The first kappa shape index (κ1) is 17.1. The van der Waals surface area contributed by atoms with Crippen LogP contribution in [0.4, 0.5) is 0 Å². The van der Waals surface area contributed by atoms with Crippen molar-refractivity contribution in [3.05, 3.63) is 102 Å². The van der Waals surface area contributed by atoms with Crippen LogP contribution in [0.25, 0.3) is 21.9 Å². The lowest BCUT2D eigenvalue weighted by atomic mass is 10.1. The number of thioether (sulfide) groups is 1. The third-order valence-electron chi connectivity index (χ3n) is 5.10. The van der Waals surface area contributed by atoms with Crippen molar-refractivity contribution in [2.45, 2.75) is 11.0 Å². The number of esters is 1. The van der Waals surface area contributed by atoms with Crippen LogP contribution in [0.3, 0.4) is 0 Å². The minimum Gasteiger partial charge on any atom is -0.452 e. The van der Waals surface area contributed by atoms with E-state index in [9.17, 15) is 4.79 Å². The van der Waals surface area contributed by atoms with Gasteiger partial charge in [-0.1, -0.05) is 78.9 Å². The third kappa shape index (κ3) is 3.08. The number of rotatable bonds is 4. The van der Waals surface area contributed by atoms with Crippen molar-refractivity contribution in [3.63, 3.8) is 0 Å². The maximum atomic E-state index is 12.6. The number of ether oxygens (including phenoxy) is 1. The van der Waals surface area contributed by atoms with Gasteiger partial charge in [0.05, 0.1) is 5.75 Å². The number of hydrogen-bond donors (Lipinski definition) is 0. The lowest BCUT2D eigenvalue weighted by Crippen LogP contribution is -2.12. The number of carbonyl (C=O) groups excluding carboxylic acids is 1. The van der Waals surface area contributed by atoms with Crippen molar-refractivity contribution in [1.29, 1.82) is 0 Å². The average Bonchev–Trinajstić information content (AvgIpc) is 3.06. The number of benzene rings is 4. The Bertz CT molecular complexity index is 1140. The molecule has 0 bridgehead atoms. The van der Waals surface area contributed by atoms with E-state index in [1.165, 1.54) is 22.5 Å². The molecule has 0 heterocycles. The second kappa shape index (κ2) is 7.17. The van der Waals surface area contributed by atoms with E-state index in [0.29, 0.717) is 5.75 Å². The first-order valence-electron chi connectivity index (χ1n) is 9.29. The molecule has 5 rings (SSSR count). The van der Waals surface area contributed by atoms with E-state index in [2.05, 4.69) is 42.5 Å². The van der Waals surface area contributed by atoms with Crippen molar-refractivity contribution in [1.82, 2.24) is 0 Å². The summed E-state index contributed by atoms with van der Waals surface area (Å²) in [4.78, 5) is 13.7. The zero-order valence-electron chi connectivity index (χ0n) is 15.2. The predicted octanol–water partition coefficient (Wildman–Crippen LogP) is 6.25. The summed E-state index contributed by atoms with van der Waals surface area (Å²) in [6.07, 6.45) is -0.322. The maximum Gasteiger partial charge on any atom is 0.317 e. The van der Waals surface area contributed by atoms with Crippen molar-refractivity contribution in [3.8, 4) is 11.1 Å². The molecule has 1 aliphatic rings. The van der Waals surface area contributed by atoms with Crippen LogP contribution in [0.1, 0.15) is 17.2 Å². The fourth-order valence-electron chi connectivity index (χ4n) is 3.80. The highest BCUT2D eigenvalue weighted by Crippen LogP contribution is 2.45. The molecule has 2 nitrogen and oxygen atoms in total. The highest BCUT2D eigenvalue weighted by Gasteiger charge is 2.30. The molecule has 28 heavy (non-hydrogen) atoms. The van der Waals surface area contributed by atoms with Crippen LogP contribution in [0.5, 0.6) is 0 Å². The summed E-state index contributed by atoms with van der Waals surface area (Å²) < 4.78 is 5.91. The molecule has 0 spiro atoms. The molecule has 1 aliphatic carbocycles. The van der Waals surface area contributed by atoms with Gasteiger partial charge in [-0.25, -0.2) is 0 Å². The number of fused-ring (bicyclic) bond motifs is 4. The van der Waals surface area contributed by atoms with Crippen molar-refractivity contribution in [2.75, 3.05) is 5.75 Å². The van der Waals surface area contributed by atoms with Gasteiger partial charge >= 0.3 is 5.97 Å². The molecule has 0 aliphatic heterocycles. The Morgan fingerprint density at radius 2 is 1.36 bits per heavy atom. The fourth-order valence-corrected chi connectivity index (χ4v) is 4.53. The summed E-state index contributed by atoms with van der Waals surface area (Å²) in [6, 6.07) is 30.8. The number of carbonyl (C=O) groups is 1. The van der Waals surface area contributed by atoms with E-state index in [0.717, 1.165) is 27.1 Å². The molecule has 0 radical (unpaired) electrons. The van der Waals surface area contributed by atoms with Gasteiger partial charge < -0.3 is 4.74 Å². The Morgan fingerprint density at radius 3 is 2.07 bits per heavy atom. The van der Waals surface area contributed by atoms with Gasteiger partial charge in [0, 0.05) is 16.0 Å². The standard InChI is InChI=1S/C25H18O2S/c26-24(16-28-19-14-13-17-7-1-2-8-18(17)15-19)27-25-22-11-5-3-9-20(22)21-10-4-6-12-23(21)25/h1-15,25H,16H2. The van der Waals surface area contributed by atoms with Gasteiger partial charge in [0.2, 0.25) is 0 Å². The molecule has 0 saturated carbocycles. The Kier molecular flexibility index (Phi) is 4.38. The Balaban J connectivity index is 1.33. The van der Waals surface area contributed by atoms with Gasteiger partial charge in [-0.05, 0) is 34.0 Å². The van der Waals surface area contributed by atoms with Crippen LogP contribution < -0.4 is 0 Å². The molecular weight excluding hydrogens is 364 g/mol. The summed E-state index contributed by atoms with van der Waals surface area (Å²) in [5, 5.41) is 2.38. The van der Waals surface area contributed by atoms with E-state index < -0.39 is 0 Å². The van der Waals surface area contributed by atoms with Gasteiger partial charge in [0.25, 0.3) is 0 Å². The van der Waals surface area contributed by atoms with Crippen LogP contribution >= 0.6 is 11.8 Å². The summed E-state index contributed by atoms with van der Waals surface area (Å²) in [6.45, 7) is 0. The molecule has 3 heteroatoms. The normalized spacial score (nSPS) is 12.6. The molecule has 136 valence electrons. The largest absolute Gasteiger partial charge is 0.452 e. The highest BCUT2D eigenvalue weighted by atomic mass is 32.2. The van der Waals surface area contributed by atoms with E-state index in [-0.39, 0.29) is 12.1 Å². The van der Waals surface area contributed by atoms with Gasteiger partial charge in [-0.15, -0.1) is 11.8 Å². The molecular formula is C25H18O2S. The summed E-state index contributed by atoms with van der Waals surface area (Å²) in [5.41, 5.74) is 4.43. The van der Waals surface area contributed by atoms with Gasteiger partial charge in [-0.2, -0.15) is 0 Å². The van der Waals surface area contributed by atoms with Crippen LogP contribution in [0.2, 0.25) is 0 Å². The summed E-state index contributed by atoms with van der Waals surface area (Å²) in [5.74, 6) is 0.0915. The molecule has 4 aromatic rings. The van der Waals surface area contributed by atoms with Gasteiger partial charge in [0.1, 0.15) is 0 Å². The lowest BCUT2D eigenvalue weighted by Gasteiger charge is -2.15. The second-order valence-electron chi connectivity index (χ2n) is 6.84. The summed E-state index contributed by atoms with van der Waals surface area (Å²) in [7, 11) is 0. The quantitative estimate of drug-likeness (QED) is 0.308. The number of hydrogen-bond acceptors (Lipinski definition) is 3. The predicted molar refractivity (Wildman–Crippen MR) is 114 cm³/mol. The Hall–Kier alpha value is -3.04. The monoisotopic (exact) mass is 382 g/mol. The van der Waals surface area contributed by atoms with Crippen molar-refractivity contribution in [2.24, 2.45) is 0 Å². The zero-order valence-corrected chi connectivity index (χ0v) is 16.0. The Morgan fingerprint density at radius 1 is 0.750 bits per heavy atom. The van der Waals surface area contributed by atoms with E-state index in [1.807, 2.05) is 48.5 Å². The average molecular weight is 382 g/mol. The molecule has 4 aromatic carbocycles. The summed E-state index contributed by atoms with van der Waals surface area (Å²) >= 11 is 1.51. The molecule has 0 unspecified atom stereocenters. The third-order valence-corrected chi connectivity index (χ3v) is 6.07. The smallest absolute Gasteiger partial charge is 0.317 e. The van der Waals surface area contributed by atoms with Crippen LogP contribution in [0, 0.1) is 0 Å². The first-order valence-corrected chi connectivity index (χ1v) is 10.3. The van der Waals surface area contributed by atoms with E-state index >= 15 is 0 Å². The van der Waals surface area contributed by atoms with Crippen LogP contribution in [-0.2, 0) is 9.53 Å². The van der Waals surface area contributed by atoms with Crippen LogP contribution in [0.15, 0.2) is 95.9 Å². The van der Waals surface area contributed by atoms with Crippen LogP contribution in [-0.4, -0.2) is 11.7 Å². The molecule has 0 fully saturated rings. The van der Waals surface area contributed by atoms with Gasteiger partial charge in [-0.3, -0.25) is 4.79 Å². The van der Waals surface area contributed by atoms with Crippen molar-refractivity contribution < 1.29 is 9.53 Å². The molecule has 0 amide bonds. The highest BCUT2D eigenvalue weighted by molar-refractivity contribution is 8.00. The second-order valence-corrected chi connectivity index (χ2v) is 7.89. The lowest BCUT2D eigenvalue weighted by molar-refractivity contribution is -0.144. The van der Waals surface area contributed by atoms with Crippen molar-refractivity contribution >= 4 is 28.5 Å². The van der Waals surface area contributed by atoms with Gasteiger partial charge in [0.15, 0.2) is 6.10 Å². The molecule has 0 aromatic heterocycles. The fraction of sp³-hybridized carbons (Fsp3) is 0.0800. The minimum absolute atomic E-state index is 0.199. The van der Waals surface area contributed by atoms with E-state index in [4.69, 9.17) is 4.74 Å². The molecule has 0 saturated heterocycles. The first-order chi connectivity index (χ1) is 13.8. The topological polar surface area (TPSA) is 26.3 Å². The van der Waals surface area contributed by atoms with E-state index in [1.54, 1.807) is 0 Å². The maximum absolute atomic E-state index is 12.6. The molecule has 0 N–H and O–H groups in total.